The first-order valence-electron chi connectivity index (χ1n) is 29.6. The maximum atomic E-state index is 6.57. The number of anilines is 3. The minimum Gasteiger partial charge on any atom is -0.455 e. The van der Waals surface area contributed by atoms with E-state index in [0.717, 1.165) is 72.3 Å². The first kappa shape index (κ1) is 48.9. The highest BCUT2D eigenvalue weighted by Crippen LogP contribution is 2.58. The molecule has 2 aromatic heterocycles. The fourth-order valence-corrected chi connectivity index (χ4v) is 14.8. The molecule has 2 aliphatic carbocycles. The molecule has 17 rings (SSSR count). The molecule has 0 saturated carbocycles. The molecule has 0 amide bonds. The van der Waals surface area contributed by atoms with Crippen molar-refractivity contribution in [3.05, 3.63) is 337 Å². The summed E-state index contributed by atoms with van der Waals surface area (Å²) in [6, 6.07) is 112. The van der Waals surface area contributed by atoms with Gasteiger partial charge in [0.1, 0.15) is 11.2 Å². The van der Waals surface area contributed by atoms with Crippen LogP contribution in [0.1, 0.15) is 47.2 Å². The Kier molecular flexibility index (Phi) is 10.9. The Balaban J connectivity index is 0.843. The van der Waals surface area contributed by atoms with Gasteiger partial charge in [0.05, 0.1) is 22.1 Å². The summed E-state index contributed by atoms with van der Waals surface area (Å²) in [5.74, 6) is 0. The number of fused-ring (bicyclic) bond motifs is 12. The normalized spacial score (nSPS) is 13.5. The Morgan fingerprint density at radius 2 is 0.859 bits per heavy atom. The van der Waals surface area contributed by atoms with Crippen LogP contribution in [0.2, 0.25) is 0 Å². The molecule has 0 unspecified atom stereocenters. The van der Waals surface area contributed by atoms with Crippen molar-refractivity contribution in [2.75, 3.05) is 4.90 Å². The molecule has 2 aliphatic rings. The van der Waals surface area contributed by atoms with Crippen LogP contribution in [0.25, 0.3) is 105 Å². The number of hydrogen-bond acceptors (Lipinski definition) is 2. The number of benzene rings is 13. The molecule has 2 heterocycles. The second-order valence-corrected chi connectivity index (χ2v) is 23.5. The van der Waals surface area contributed by atoms with E-state index in [1.165, 1.54) is 83.2 Å². The minimum atomic E-state index is -0.552. The van der Waals surface area contributed by atoms with Gasteiger partial charge >= 0.3 is 0 Å². The van der Waals surface area contributed by atoms with Crippen molar-refractivity contribution in [3.8, 4) is 61.3 Å². The summed E-state index contributed by atoms with van der Waals surface area (Å²) in [6.45, 7) is 4.72. The zero-order chi connectivity index (χ0) is 56.4. The van der Waals surface area contributed by atoms with Gasteiger partial charge < -0.3 is 13.9 Å². The maximum absolute atomic E-state index is 6.57. The zero-order valence-corrected chi connectivity index (χ0v) is 47.2. The fourth-order valence-electron chi connectivity index (χ4n) is 14.8. The van der Waals surface area contributed by atoms with Gasteiger partial charge in [-0.15, -0.1) is 0 Å². The monoisotopic (exact) mass is 1080 g/mol. The van der Waals surface area contributed by atoms with Crippen LogP contribution in [0.15, 0.2) is 308 Å². The molecule has 0 saturated heterocycles. The van der Waals surface area contributed by atoms with Crippen LogP contribution in [0.3, 0.4) is 0 Å². The van der Waals surface area contributed by atoms with Crippen molar-refractivity contribution in [1.29, 1.82) is 0 Å². The summed E-state index contributed by atoms with van der Waals surface area (Å²) in [6.07, 6.45) is 0. The van der Waals surface area contributed by atoms with Crippen LogP contribution in [0.4, 0.5) is 17.1 Å². The van der Waals surface area contributed by atoms with Crippen LogP contribution < -0.4 is 4.90 Å². The molecule has 0 fully saturated rings. The minimum absolute atomic E-state index is 0.137. The summed E-state index contributed by atoms with van der Waals surface area (Å²) in [5.41, 5.74) is 27.7. The first-order chi connectivity index (χ1) is 41.9. The molecule has 0 radical (unpaired) electrons. The Labute approximate surface area is 494 Å². The van der Waals surface area contributed by atoms with Crippen LogP contribution in [0.5, 0.6) is 0 Å². The van der Waals surface area contributed by atoms with E-state index in [9.17, 15) is 0 Å². The van der Waals surface area contributed by atoms with Gasteiger partial charge in [0.2, 0.25) is 0 Å². The number of hydrogen-bond donors (Lipinski definition) is 0. The Morgan fingerprint density at radius 1 is 0.329 bits per heavy atom. The lowest BCUT2D eigenvalue weighted by atomic mass is 9.67. The second-order valence-electron chi connectivity index (χ2n) is 23.5. The number of nitrogens with zero attached hydrogens (tertiary/aromatic N) is 2. The van der Waals surface area contributed by atoms with E-state index < -0.39 is 5.41 Å². The van der Waals surface area contributed by atoms with Crippen LogP contribution >= 0.6 is 0 Å². The zero-order valence-electron chi connectivity index (χ0n) is 47.2. The lowest BCUT2D eigenvalue weighted by molar-refractivity contribution is 0.660. The van der Waals surface area contributed by atoms with Crippen molar-refractivity contribution in [1.82, 2.24) is 4.57 Å². The molecule has 0 spiro atoms. The van der Waals surface area contributed by atoms with Gasteiger partial charge in [0.25, 0.3) is 0 Å². The van der Waals surface area contributed by atoms with E-state index in [4.69, 9.17) is 4.42 Å². The number of rotatable bonds is 9. The molecule has 0 bridgehead atoms. The van der Waals surface area contributed by atoms with E-state index in [0.29, 0.717) is 0 Å². The summed E-state index contributed by atoms with van der Waals surface area (Å²) in [4.78, 5) is 2.46. The molecule has 400 valence electrons. The van der Waals surface area contributed by atoms with Gasteiger partial charge in [-0.2, -0.15) is 0 Å². The third-order valence-electron chi connectivity index (χ3n) is 18.7. The summed E-state index contributed by atoms with van der Waals surface area (Å²) < 4.78 is 9.06. The predicted molar refractivity (Wildman–Crippen MR) is 354 cm³/mol. The largest absolute Gasteiger partial charge is 0.455 e. The molecule has 13 aromatic carbocycles. The van der Waals surface area contributed by atoms with Crippen LogP contribution in [-0.2, 0) is 10.8 Å². The van der Waals surface area contributed by atoms with Gasteiger partial charge in [-0.1, -0.05) is 244 Å². The lowest BCUT2D eigenvalue weighted by Gasteiger charge is -2.34. The molecule has 3 heteroatoms. The third kappa shape index (κ3) is 7.33. The highest BCUT2D eigenvalue weighted by Gasteiger charge is 2.46. The van der Waals surface area contributed by atoms with Crippen LogP contribution in [-0.4, -0.2) is 4.57 Å². The Hall–Kier alpha value is -10.7. The van der Waals surface area contributed by atoms with Crippen LogP contribution in [0, 0.1) is 0 Å². The van der Waals surface area contributed by atoms with Crippen molar-refractivity contribution in [2.45, 2.75) is 24.7 Å². The maximum Gasteiger partial charge on any atom is 0.143 e. The molecule has 0 N–H and O–H groups in total. The first-order valence-corrected chi connectivity index (χ1v) is 29.6. The van der Waals surface area contributed by atoms with Crippen molar-refractivity contribution in [3.63, 3.8) is 0 Å². The quantitative estimate of drug-likeness (QED) is 0.144. The topological polar surface area (TPSA) is 21.3 Å². The predicted octanol–water partition coefficient (Wildman–Crippen LogP) is 21.8. The highest BCUT2D eigenvalue weighted by atomic mass is 16.3. The Bertz CT molecular complexity index is 5070. The molecule has 15 aromatic rings. The van der Waals surface area contributed by atoms with E-state index in [-0.39, 0.29) is 5.41 Å². The van der Waals surface area contributed by atoms with E-state index in [2.05, 4.69) is 321 Å². The SMILES string of the molecule is CC1(C)c2ccccc2-c2c(N(c3ccc(-c4ccccc4)cc3)c3ccc(-c4ccc5c(c4)c4cc6c(cc4n5-c4ccc(-c5cccc7c5oc5ccccc57)cc4)C(c4ccccc4)(c4ccccc4)c4ccccc4-6)cc3)cccc21. The van der Waals surface area contributed by atoms with Gasteiger partial charge in [-0.25, -0.2) is 0 Å². The summed E-state index contributed by atoms with van der Waals surface area (Å²) >= 11 is 0. The molecule has 85 heavy (non-hydrogen) atoms. The molecule has 3 nitrogen and oxygen atoms in total. The van der Waals surface area contributed by atoms with Gasteiger partial charge in [-0.05, 0) is 151 Å². The molecule has 0 atom stereocenters. The fraction of sp³-hybridized carbons (Fsp3) is 0.0488. The van der Waals surface area contributed by atoms with E-state index in [1.54, 1.807) is 0 Å². The summed E-state index contributed by atoms with van der Waals surface area (Å²) in [5, 5.41) is 4.67. The van der Waals surface area contributed by atoms with Gasteiger partial charge in [-0.3, -0.25) is 0 Å². The standard InChI is InChI=1S/C82H56N2O/c1-81(2)71-31-15-13-28-67(71)79-73(81)33-19-34-76(79)83(60-43-36-54(37-44-60)53-20-6-3-7-21-53)61-45-38-55(39-46-61)57-42-49-75-69(50-57)70-51-68-64-26-12-16-32-72(64)82(58-22-8-4-9-23-58,59-24-10-5-11-25-59)74(68)52-77(70)84(75)62-47-40-56(41-48-62)63-29-18-30-66-65-27-14-17-35-78(65)85-80(63)66/h3-52H,1-2H3. The van der Waals surface area contributed by atoms with E-state index in [1.807, 2.05) is 6.07 Å². The molecule has 0 aliphatic heterocycles. The number of para-hydroxylation sites is 2. The van der Waals surface area contributed by atoms with Gasteiger partial charge in [0.15, 0.2) is 0 Å². The highest BCUT2D eigenvalue weighted by molar-refractivity contribution is 6.14. The Morgan fingerprint density at radius 3 is 1.58 bits per heavy atom. The number of furan rings is 1. The average molecular weight is 1090 g/mol. The molecular weight excluding hydrogens is 1030 g/mol. The van der Waals surface area contributed by atoms with Gasteiger partial charge in [0, 0.05) is 55.1 Å². The second kappa shape index (κ2) is 18.9. The molecular formula is C82H56N2O. The van der Waals surface area contributed by atoms with E-state index >= 15 is 0 Å². The van der Waals surface area contributed by atoms with Crippen molar-refractivity contribution in [2.24, 2.45) is 0 Å². The van der Waals surface area contributed by atoms with Crippen molar-refractivity contribution < 1.29 is 4.42 Å². The average Bonchev–Trinajstić information content (AvgIpc) is 2.18. The lowest BCUT2D eigenvalue weighted by Crippen LogP contribution is -2.28. The summed E-state index contributed by atoms with van der Waals surface area (Å²) in [7, 11) is 0. The smallest absolute Gasteiger partial charge is 0.143 e. The third-order valence-corrected chi connectivity index (χ3v) is 18.7. The van der Waals surface area contributed by atoms with Crippen molar-refractivity contribution >= 4 is 60.8 Å². The number of aromatic nitrogens is 1.